The minimum absolute atomic E-state index is 0.216. The number of benzene rings is 1. The number of hydrogen-bond acceptors (Lipinski definition) is 4. The van der Waals surface area contributed by atoms with E-state index in [0.717, 1.165) is 23.7 Å². The molecule has 0 saturated carbocycles. The number of phenols is 1. The first-order chi connectivity index (χ1) is 9.43. The Labute approximate surface area is 148 Å². The summed E-state index contributed by atoms with van der Waals surface area (Å²) in [5, 5.41) is 9.51. The molecule has 0 radical (unpaired) electrons. The Morgan fingerprint density at radius 2 is 1.90 bits per heavy atom. The van der Waals surface area contributed by atoms with Crippen molar-refractivity contribution in [3.05, 3.63) is 29.7 Å². The van der Waals surface area contributed by atoms with Crippen molar-refractivity contribution in [3.8, 4) is 5.75 Å². The highest BCUT2D eigenvalue weighted by Gasteiger charge is 2.34. The molecule has 0 atom stereocenters. The molecule has 1 N–H and O–H groups in total. The number of thioether (sulfide) groups is 1. The van der Waals surface area contributed by atoms with Crippen molar-refractivity contribution >= 4 is 74.2 Å². The third-order valence-electron chi connectivity index (χ3n) is 2.66. The average molecular weight is 515 g/mol. The van der Waals surface area contributed by atoms with Gasteiger partial charge in [-0.1, -0.05) is 6.92 Å². The quantitative estimate of drug-likeness (QED) is 0.488. The highest BCUT2D eigenvalue weighted by atomic mass is 127. The zero-order valence-electron chi connectivity index (χ0n) is 10.5. The van der Waals surface area contributed by atoms with Crippen LogP contribution in [0.1, 0.15) is 18.9 Å². The Hall–Kier alpha value is -0.290. The zero-order chi connectivity index (χ0) is 14.9. The van der Waals surface area contributed by atoms with Crippen LogP contribution in [0.2, 0.25) is 0 Å². The number of carbonyl (C=O) groups excluding carboxylic acids is 2. The second-order valence-corrected chi connectivity index (χ2v) is 7.48. The molecular weight excluding hydrogens is 504 g/mol. The van der Waals surface area contributed by atoms with Crippen LogP contribution in [0.5, 0.6) is 5.75 Å². The molecule has 2 amide bonds. The summed E-state index contributed by atoms with van der Waals surface area (Å²) in [5.74, 6) is 0.00220. The van der Waals surface area contributed by atoms with E-state index in [0.29, 0.717) is 18.6 Å². The van der Waals surface area contributed by atoms with E-state index in [2.05, 4.69) is 0 Å². The van der Waals surface area contributed by atoms with E-state index in [4.69, 9.17) is 0 Å². The number of phenolic OH excluding ortho intramolecular Hbond substituents is 1. The molecule has 106 valence electrons. The maximum absolute atomic E-state index is 12.1. The van der Waals surface area contributed by atoms with Gasteiger partial charge in [-0.15, -0.1) is 0 Å². The van der Waals surface area contributed by atoms with Crippen molar-refractivity contribution < 1.29 is 14.7 Å². The van der Waals surface area contributed by atoms with Crippen molar-refractivity contribution in [2.24, 2.45) is 0 Å². The predicted octanol–water partition coefficient (Wildman–Crippen LogP) is 4.05. The summed E-state index contributed by atoms with van der Waals surface area (Å²) >= 11 is 5.04. The van der Waals surface area contributed by atoms with Crippen LogP contribution in [0.3, 0.4) is 0 Å². The van der Waals surface area contributed by atoms with Gasteiger partial charge in [0.1, 0.15) is 5.75 Å². The lowest BCUT2D eigenvalue weighted by Gasteiger charge is -2.09. The standard InChI is InChI=1S/C13H11I2NO3S/c1-2-3-16-12(18)10(20-13(16)19)6-7-4-8(14)11(17)9(15)5-7/h4-6,17H,2-3H2,1H3/b10-6+. The molecule has 1 saturated heterocycles. The lowest BCUT2D eigenvalue weighted by molar-refractivity contribution is -0.122. The van der Waals surface area contributed by atoms with Gasteiger partial charge in [-0.25, -0.2) is 0 Å². The molecule has 0 unspecified atom stereocenters. The number of rotatable bonds is 3. The molecular formula is C13H11I2NO3S. The number of imide groups is 1. The number of amides is 2. The molecule has 0 aromatic heterocycles. The largest absolute Gasteiger partial charge is 0.506 e. The first kappa shape index (κ1) is 16.1. The Kier molecular flexibility index (Phi) is 5.35. The van der Waals surface area contributed by atoms with Crippen LogP contribution in [0.25, 0.3) is 6.08 Å². The van der Waals surface area contributed by atoms with Crippen LogP contribution in [-0.4, -0.2) is 27.7 Å². The number of nitrogens with zero attached hydrogens (tertiary/aromatic N) is 1. The van der Waals surface area contributed by atoms with Gasteiger partial charge in [0.2, 0.25) is 0 Å². The van der Waals surface area contributed by atoms with Crippen LogP contribution in [0, 0.1) is 7.14 Å². The maximum atomic E-state index is 12.1. The van der Waals surface area contributed by atoms with Gasteiger partial charge in [0.15, 0.2) is 0 Å². The minimum Gasteiger partial charge on any atom is -0.506 e. The van der Waals surface area contributed by atoms with Crippen LogP contribution in [-0.2, 0) is 4.79 Å². The molecule has 1 heterocycles. The molecule has 1 aromatic carbocycles. The van der Waals surface area contributed by atoms with E-state index in [9.17, 15) is 14.7 Å². The molecule has 1 aliphatic heterocycles. The summed E-state index contributed by atoms with van der Waals surface area (Å²) in [6.07, 6.45) is 2.45. The molecule has 20 heavy (non-hydrogen) atoms. The third kappa shape index (κ3) is 3.30. The Balaban J connectivity index is 2.33. The summed E-state index contributed by atoms with van der Waals surface area (Å²) in [7, 11) is 0. The molecule has 0 bridgehead atoms. The van der Waals surface area contributed by atoms with Gasteiger partial charge in [-0.05, 0) is 87.1 Å². The van der Waals surface area contributed by atoms with Crippen LogP contribution < -0.4 is 0 Å². The maximum Gasteiger partial charge on any atom is 0.293 e. The molecule has 4 nitrogen and oxygen atoms in total. The second-order valence-electron chi connectivity index (χ2n) is 4.17. The topological polar surface area (TPSA) is 57.6 Å². The summed E-state index contributed by atoms with van der Waals surface area (Å²) in [6, 6.07) is 3.57. The van der Waals surface area contributed by atoms with Crippen molar-refractivity contribution in [3.63, 3.8) is 0 Å². The first-order valence-electron chi connectivity index (χ1n) is 5.87. The summed E-state index contributed by atoms with van der Waals surface area (Å²) in [5.41, 5.74) is 0.804. The first-order valence-corrected chi connectivity index (χ1v) is 8.84. The summed E-state index contributed by atoms with van der Waals surface area (Å²) < 4.78 is 1.43. The fourth-order valence-corrected chi connectivity index (χ4v) is 4.42. The van der Waals surface area contributed by atoms with Gasteiger partial charge < -0.3 is 5.11 Å². The highest BCUT2D eigenvalue weighted by molar-refractivity contribution is 14.1. The van der Waals surface area contributed by atoms with Gasteiger partial charge in [0, 0.05) is 6.54 Å². The minimum atomic E-state index is -0.236. The van der Waals surface area contributed by atoms with Crippen molar-refractivity contribution in [1.82, 2.24) is 4.90 Å². The molecule has 0 spiro atoms. The van der Waals surface area contributed by atoms with Crippen molar-refractivity contribution in [1.29, 1.82) is 0 Å². The van der Waals surface area contributed by atoms with Gasteiger partial charge in [-0.2, -0.15) is 0 Å². The zero-order valence-corrected chi connectivity index (χ0v) is 15.7. The van der Waals surface area contributed by atoms with E-state index < -0.39 is 0 Å². The normalized spacial score (nSPS) is 17.4. The molecule has 0 aliphatic carbocycles. The number of carbonyl (C=O) groups is 2. The van der Waals surface area contributed by atoms with E-state index in [-0.39, 0.29) is 16.9 Å². The predicted molar refractivity (Wildman–Crippen MR) is 96.5 cm³/mol. The van der Waals surface area contributed by atoms with Gasteiger partial charge in [0.25, 0.3) is 11.1 Å². The van der Waals surface area contributed by atoms with E-state index in [1.807, 2.05) is 52.1 Å². The Morgan fingerprint density at radius 3 is 2.45 bits per heavy atom. The van der Waals surface area contributed by atoms with Gasteiger partial charge in [0.05, 0.1) is 12.0 Å². The van der Waals surface area contributed by atoms with Gasteiger partial charge in [-0.3, -0.25) is 14.5 Å². The molecule has 2 rings (SSSR count). The fraction of sp³-hybridized carbons (Fsp3) is 0.231. The molecule has 1 fully saturated rings. The second kappa shape index (κ2) is 6.65. The van der Waals surface area contributed by atoms with E-state index in [1.165, 1.54) is 4.90 Å². The lowest BCUT2D eigenvalue weighted by atomic mass is 10.2. The monoisotopic (exact) mass is 515 g/mol. The fourth-order valence-electron chi connectivity index (χ4n) is 1.74. The number of halogens is 2. The van der Waals surface area contributed by atoms with Crippen LogP contribution in [0.4, 0.5) is 4.79 Å². The lowest BCUT2D eigenvalue weighted by Crippen LogP contribution is -2.28. The molecule has 1 aromatic rings. The summed E-state index contributed by atoms with van der Waals surface area (Å²) in [6.45, 7) is 2.38. The highest BCUT2D eigenvalue weighted by Crippen LogP contribution is 2.34. The smallest absolute Gasteiger partial charge is 0.293 e. The Morgan fingerprint density at radius 1 is 1.30 bits per heavy atom. The van der Waals surface area contributed by atoms with Crippen molar-refractivity contribution in [2.45, 2.75) is 13.3 Å². The van der Waals surface area contributed by atoms with E-state index >= 15 is 0 Å². The van der Waals surface area contributed by atoms with Crippen LogP contribution in [0.15, 0.2) is 17.0 Å². The summed E-state index contributed by atoms with van der Waals surface area (Å²) in [4.78, 5) is 25.6. The molecule has 7 heteroatoms. The third-order valence-corrected chi connectivity index (χ3v) is 5.21. The van der Waals surface area contributed by atoms with Crippen LogP contribution >= 0.6 is 56.9 Å². The van der Waals surface area contributed by atoms with Crippen molar-refractivity contribution in [2.75, 3.05) is 6.54 Å². The number of aromatic hydroxyl groups is 1. The molecule has 1 aliphatic rings. The van der Waals surface area contributed by atoms with Gasteiger partial charge >= 0.3 is 0 Å². The SMILES string of the molecule is CCCN1C(=O)S/C(=C/c2cc(I)c(O)c(I)c2)C1=O. The Bertz CT molecular complexity index is 593. The number of hydrogen-bond donors (Lipinski definition) is 1. The van der Waals surface area contributed by atoms with E-state index in [1.54, 1.807) is 18.2 Å². The average Bonchev–Trinajstić information content (AvgIpc) is 2.64.